The lowest BCUT2D eigenvalue weighted by Crippen LogP contribution is -2.45. The molecule has 4 rings (SSSR count). The molecule has 1 aliphatic carbocycles. The summed E-state index contributed by atoms with van der Waals surface area (Å²) in [6.07, 6.45) is 12.5. The van der Waals surface area contributed by atoms with Crippen molar-refractivity contribution < 1.29 is 9.59 Å². The second-order valence-corrected chi connectivity index (χ2v) is 9.27. The first kappa shape index (κ1) is 19.5. The molecule has 0 radical (unpaired) electrons. The maximum absolute atomic E-state index is 12.6. The third kappa shape index (κ3) is 4.41. The number of likely N-dealkylation sites (tertiary alicyclic amines) is 2. The fourth-order valence-electron chi connectivity index (χ4n) is 5.39. The summed E-state index contributed by atoms with van der Waals surface area (Å²) in [5.74, 6) is 1.16. The molecule has 154 valence electrons. The highest BCUT2D eigenvalue weighted by Gasteiger charge is 2.39. The Hall–Kier alpha value is -1.85. The zero-order valence-corrected chi connectivity index (χ0v) is 17.2. The van der Waals surface area contributed by atoms with Crippen LogP contribution in [0.5, 0.6) is 0 Å². The largest absolute Gasteiger partial charge is 0.343 e. The number of piperidine rings is 1. The number of nitrogens with zero attached hydrogens (tertiary/aromatic N) is 4. The van der Waals surface area contributed by atoms with Gasteiger partial charge in [-0.15, -0.1) is 0 Å². The van der Waals surface area contributed by atoms with Gasteiger partial charge in [-0.25, -0.2) is 0 Å². The molecule has 6 heteroatoms. The van der Waals surface area contributed by atoms with Crippen LogP contribution in [0.25, 0.3) is 0 Å². The Kier molecular flexibility index (Phi) is 5.74. The topological polar surface area (TPSA) is 58.4 Å². The molecule has 1 spiro atoms. The van der Waals surface area contributed by atoms with Gasteiger partial charge in [0.05, 0.1) is 12.1 Å². The summed E-state index contributed by atoms with van der Waals surface area (Å²) in [7, 11) is 1.88. The van der Waals surface area contributed by atoms with Crippen molar-refractivity contribution in [1.29, 1.82) is 0 Å². The van der Waals surface area contributed by atoms with Crippen LogP contribution in [0.1, 0.15) is 63.5 Å². The van der Waals surface area contributed by atoms with E-state index in [4.69, 9.17) is 0 Å². The Bertz CT molecular complexity index is 689. The molecule has 0 N–H and O–H groups in total. The Balaban J connectivity index is 1.21. The number of carbonyl (C=O) groups is 2. The molecular formula is C22H34N4O2. The minimum atomic E-state index is 0.207. The molecule has 0 atom stereocenters. The number of hydrogen-bond donors (Lipinski definition) is 0. The molecule has 1 aromatic heterocycles. The number of aryl methyl sites for hydroxylation is 1. The molecule has 1 saturated carbocycles. The Morgan fingerprint density at radius 2 is 1.64 bits per heavy atom. The molecule has 2 amide bonds. The van der Waals surface area contributed by atoms with Gasteiger partial charge in [-0.1, -0.05) is 0 Å². The van der Waals surface area contributed by atoms with Crippen LogP contribution in [-0.2, 0) is 23.1 Å². The minimum absolute atomic E-state index is 0.207. The van der Waals surface area contributed by atoms with Crippen molar-refractivity contribution in [2.45, 2.75) is 64.2 Å². The third-order valence-corrected chi connectivity index (χ3v) is 7.37. The maximum Gasteiger partial charge on any atom is 0.228 e. The van der Waals surface area contributed by atoms with Crippen molar-refractivity contribution >= 4 is 11.8 Å². The van der Waals surface area contributed by atoms with Crippen molar-refractivity contribution in [2.24, 2.45) is 18.4 Å². The average molecular weight is 387 g/mol. The van der Waals surface area contributed by atoms with E-state index in [1.54, 1.807) is 4.68 Å². The predicted octanol–water partition coefficient (Wildman–Crippen LogP) is 2.77. The van der Waals surface area contributed by atoms with Gasteiger partial charge in [0.1, 0.15) is 0 Å². The van der Waals surface area contributed by atoms with Crippen LogP contribution in [0.3, 0.4) is 0 Å². The van der Waals surface area contributed by atoms with E-state index in [9.17, 15) is 9.59 Å². The normalized spacial score (nSPS) is 22.8. The number of hydrogen-bond acceptors (Lipinski definition) is 3. The molecule has 2 aliphatic heterocycles. The molecule has 0 unspecified atom stereocenters. The molecule has 3 heterocycles. The van der Waals surface area contributed by atoms with Gasteiger partial charge in [-0.2, -0.15) is 5.10 Å². The van der Waals surface area contributed by atoms with Crippen LogP contribution in [0, 0.1) is 11.3 Å². The van der Waals surface area contributed by atoms with E-state index in [0.29, 0.717) is 23.7 Å². The summed E-state index contributed by atoms with van der Waals surface area (Å²) >= 11 is 0. The van der Waals surface area contributed by atoms with Crippen LogP contribution in [0.4, 0.5) is 0 Å². The van der Waals surface area contributed by atoms with Gasteiger partial charge in [-0.05, 0) is 68.8 Å². The minimum Gasteiger partial charge on any atom is -0.343 e. The van der Waals surface area contributed by atoms with Gasteiger partial charge in [-0.3, -0.25) is 14.3 Å². The molecule has 1 aromatic rings. The first-order chi connectivity index (χ1) is 13.5. The highest BCUT2D eigenvalue weighted by molar-refractivity contribution is 5.78. The zero-order chi connectivity index (χ0) is 19.6. The quantitative estimate of drug-likeness (QED) is 0.799. The van der Waals surface area contributed by atoms with Gasteiger partial charge >= 0.3 is 0 Å². The van der Waals surface area contributed by atoms with Gasteiger partial charge < -0.3 is 9.80 Å². The lowest BCUT2D eigenvalue weighted by Gasteiger charge is -2.46. The highest BCUT2D eigenvalue weighted by Crippen LogP contribution is 2.47. The Morgan fingerprint density at radius 3 is 2.25 bits per heavy atom. The smallest absolute Gasteiger partial charge is 0.228 e. The van der Waals surface area contributed by atoms with Gasteiger partial charge in [0, 0.05) is 45.8 Å². The summed E-state index contributed by atoms with van der Waals surface area (Å²) < 4.78 is 1.75. The lowest BCUT2D eigenvalue weighted by molar-refractivity contribution is -0.134. The SMILES string of the molecule is Cn1ccc(CC(=O)N2CCC3(CCC(CC(=O)N4CCCC4)CC3)CC2)n1. The van der Waals surface area contributed by atoms with Crippen molar-refractivity contribution in [3.8, 4) is 0 Å². The van der Waals surface area contributed by atoms with Crippen molar-refractivity contribution in [1.82, 2.24) is 19.6 Å². The molecule has 0 bridgehead atoms. The van der Waals surface area contributed by atoms with Crippen molar-refractivity contribution in [3.05, 3.63) is 18.0 Å². The van der Waals surface area contributed by atoms with Crippen LogP contribution >= 0.6 is 0 Å². The van der Waals surface area contributed by atoms with Crippen LogP contribution in [0.15, 0.2) is 12.3 Å². The van der Waals surface area contributed by atoms with E-state index < -0.39 is 0 Å². The summed E-state index contributed by atoms with van der Waals surface area (Å²) in [5, 5.41) is 4.33. The summed E-state index contributed by atoms with van der Waals surface area (Å²) in [6, 6.07) is 1.92. The summed E-state index contributed by atoms with van der Waals surface area (Å²) in [5.41, 5.74) is 1.27. The van der Waals surface area contributed by atoms with Crippen LogP contribution in [0.2, 0.25) is 0 Å². The highest BCUT2D eigenvalue weighted by atomic mass is 16.2. The third-order valence-electron chi connectivity index (χ3n) is 7.37. The van der Waals surface area contributed by atoms with Crippen molar-refractivity contribution in [2.75, 3.05) is 26.2 Å². The first-order valence-corrected chi connectivity index (χ1v) is 11.1. The van der Waals surface area contributed by atoms with E-state index in [-0.39, 0.29) is 5.91 Å². The predicted molar refractivity (Wildman–Crippen MR) is 108 cm³/mol. The Labute approximate surface area is 168 Å². The number of amides is 2. The standard InChI is InChI=1S/C22H34N4O2/c1-24-13-6-19(23-24)17-21(28)26-14-9-22(10-15-26)7-4-18(5-8-22)16-20(27)25-11-2-3-12-25/h6,13,18H,2-5,7-12,14-17H2,1H3. The summed E-state index contributed by atoms with van der Waals surface area (Å²) in [4.78, 5) is 29.1. The van der Waals surface area contributed by atoms with Crippen molar-refractivity contribution in [3.63, 3.8) is 0 Å². The number of rotatable bonds is 4. The molecule has 3 fully saturated rings. The van der Waals surface area contributed by atoms with E-state index in [2.05, 4.69) is 10.00 Å². The fourth-order valence-corrected chi connectivity index (χ4v) is 5.39. The van der Waals surface area contributed by atoms with Crippen LogP contribution < -0.4 is 0 Å². The van der Waals surface area contributed by atoms with E-state index >= 15 is 0 Å². The fraction of sp³-hybridized carbons (Fsp3) is 0.773. The number of aromatic nitrogens is 2. The molecule has 0 aromatic carbocycles. The first-order valence-electron chi connectivity index (χ1n) is 11.1. The van der Waals surface area contributed by atoms with Gasteiger partial charge in [0.2, 0.25) is 11.8 Å². The van der Waals surface area contributed by atoms with E-state index in [1.807, 2.05) is 24.2 Å². The summed E-state index contributed by atoms with van der Waals surface area (Å²) in [6.45, 7) is 3.70. The Morgan fingerprint density at radius 1 is 1.00 bits per heavy atom. The molecular weight excluding hydrogens is 352 g/mol. The van der Waals surface area contributed by atoms with E-state index in [1.165, 1.54) is 38.5 Å². The molecule has 6 nitrogen and oxygen atoms in total. The maximum atomic E-state index is 12.6. The van der Waals surface area contributed by atoms with Crippen LogP contribution in [-0.4, -0.2) is 57.6 Å². The molecule has 28 heavy (non-hydrogen) atoms. The zero-order valence-electron chi connectivity index (χ0n) is 17.2. The number of carbonyl (C=O) groups excluding carboxylic acids is 2. The second-order valence-electron chi connectivity index (χ2n) is 9.27. The van der Waals surface area contributed by atoms with Gasteiger partial charge in [0.15, 0.2) is 0 Å². The lowest BCUT2D eigenvalue weighted by atomic mass is 9.65. The average Bonchev–Trinajstić information content (AvgIpc) is 3.36. The van der Waals surface area contributed by atoms with Gasteiger partial charge in [0.25, 0.3) is 0 Å². The van der Waals surface area contributed by atoms with E-state index in [0.717, 1.165) is 51.1 Å². The molecule has 2 saturated heterocycles. The molecule has 3 aliphatic rings. The monoisotopic (exact) mass is 386 g/mol. The second kappa shape index (κ2) is 8.26.